The van der Waals surface area contributed by atoms with E-state index in [1.54, 1.807) is 19.1 Å². The van der Waals surface area contributed by atoms with Crippen molar-refractivity contribution >= 4 is 5.78 Å². The van der Waals surface area contributed by atoms with Crippen LogP contribution in [-0.2, 0) is 11.2 Å². The van der Waals surface area contributed by atoms with Crippen LogP contribution in [0.15, 0.2) is 24.3 Å². The second-order valence-corrected chi connectivity index (χ2v) is 4.36. The topological polar surface area (TPSA) is 49.3 Å². The number of Topliss-reactive ketones (excluding diaryl/α,β-unsaturated/α-hetero) is 1. The zero-order valence-electron chi connectivity index (χ0n) is 10.0. The molecule has 0 fully saturated rings. The number of hydrogen-bond acceptors (Lipinski definition) is 3. The van der Waals surface area contributed by atoms with E-state index in [9.17, 15) is 4.79 Å². The molecule has 0 aliphatic rings. The zero-order valence-corrected chi connectivity index (χ0v) is 10.0. The van der Waals surface area contributed by atoms with Crippen LogP contribution in [0.1, 0.15) is 26.3 Å². The van der Waals surface area contributed by atoms with E-state index < -0.39 is 0 Å². The summed E-state index contributed by atoms with van der Waals surface area (Å²) in [4.78, 5) is 11.4. The first kappa shape index (κ1) is 12.7. The van der Waals surface area contributed by atoms with Gasteiger partial charge in [-0.05, 0) is 31.0 Å². The molecule has 0 aromatic heterocycles. The third-order valence-corrected chi connectivity index (χ3v) is 2.40. The van der Waals surface area contributed by atoms with Gasteiger partial charge in [-0.25, -0.2) is 0 Å². The Morgan fingerprint density at radius 3 is 2.31 bits per heavy atom. The second-order valence-electron chi connectivity index (χ2n) is 4.36. The van der Waals surface area contributed by atoms with Gasteiger partial charge in [0.1, 0.15) is 11.5 Å². The van der Waals surface area contributed by atoms with Gasteiger partial charge in [0.05, 0.1) is 6.04 Å². The van der Waals surface area contributed by atoms with Gasteiger partial charge in [0, 0.05) is 6.04 Å². The van der Waals surface area contributed by atoms with Crippen molar-refractivity contribution in [3.8, 4) is 5.75 Å². The molecule has 1 rings (SSSR count). The normalized spacial score (nSPS) is 12.8. The molecule has 3 heteroatoms. The van der Waals surface area contributed by atoms with E-state index >= 15 is 0 Å². The summed E-state index contributed by atoms with van der Waals surface area (Å²) in [6.07, 6.45) is 0.661. The van der Waals surface area contributed by atoms with E-state index in [2.05, 4.69) is 5.32 Å². The van der Waals surface area contributed by atoms with Gasteiger partial charge in [-0.1, -0.05) is 26.0 Å². The smallest absolute Gasteiger partial charge is 0.147 e. The number of nitrogens with one attached hydrogen (secondary N) is 1. The summed E-state index contributed by atoms with van der Waals surface area (Å²) < 4.78 is 0. The molecule has 1 aromatic carbocycles. The lowest BCUT2D eigenvalue weighted by atomic mass is 10.0. The first-order chi connectivity index (χ1) is 7.49. The van der Waals surface area contributed by atoms with Crippen molar-refractivity contribution in [3.05, 3.63) is 29.8 Å². The molecule has 88 valence electrons. The van der Waals surface area contributed by atoms with Crippen molar-refractivity contribution in [2.45, 2.75) is 39.3 Å². The highest BCUT2D eigenvalue weighted by atomic mass is 16.3. The average molecular weight is 221 g/mol. The Kier molecular flexibility index (Phi) is 4.50. The highest BCUT2D eigenvalue weighted by molar-refractivity contribution is 5.81. The van der Waals surface area contributed by atoms with Crippen molar-refractivity contribution in [2.24, 2.45) is 0 Å². The van der Waals surface area contributed by atoms with E-state index in [4.69, 9.17) is 5.11 Å². The van der Waals surface area contributed by atoms with Crippen LogP contribution < -0.4 is 5.32 Å². The molecule has 1 aromatic rings. The van der Waals surface area contributed by atoms with E-state index in [-0.39, 0.29) is 23.6 Å². The molecule has 16 heavy (non-hydrogen) atoms. The molecule has 0 saturated carbocycles. The summed E-state index contributed by atoms with van der Waals surface area (Å²) in [5.74, 6) is 0.390. The van der Waals surface area contributed by atoms with Crippen LogP contribution in [0, 0.1) is 0 Å². The highest BCUT2D eigenvalue weighted by Crippen LogP contribution is 2.11. The number of carbonyl (C=O) groups is 1. The lowest BCUT2D eigenvalue weighted by molar-refractivity contribution is -0.119. The number of hydrogen-bond donors (Lipinski definition) is 2. The van der Waals surface area contributed by atoms with E-state index in [1.165, 1.54) is 0 Å². The van der Waals surface area contributed by atoms with Gasteiger partial charge >= 0.3 is 0 Å². The molecule has 0 radical (unpaired) electrons. The van der Waals surface area contributed by atoms with Crippen LogP contribution in [0.25, 0.3) is 0 Å². The number of rotatable bonds is 5. The number of phenols is 1. The molecule has 0 aliphatic carbocycles. The molecule has 0 bridgehead atoms. The minimum absolute atomic E-state index is 0.141. The molecule has 0 saturated heterocycles. The van der Waals surface area contributed by atoms with Gasteiger partial charge in [-0.3, -0.25) is 4.79 Å². The van der Waals surface area contributed by atoms with Gasteiger partial charge in [0.2, 0.25) is 0 Å². The SMILES string of the molecule is CC(=O)C(Cc1ccc(O)cc1)NC(C)C. The summed E-state index contributed by atoms with van der Waals surface area (Å²) in [6.45, 7) is 5.64. The Morgan fingerprint density at radius 2 is 1.88 bits per heavy atom. The number of carbonyl (C=O) groups excluding carboxylic acids is 1. The van der Waals surface area contributed by atoms with Crippen molar-refractivity contribution in [2.75, 3.05) is 0 Å². The Balaban J connectivity index is 2.68. The summed E-state index contributed by atoms with van der Waals surface area (Å²) in [5.41, 5.74) is 1.05. The van der Waals surface area contributed by atoms with Crippen LogP contribution in [0.3, 0.4) is 0 Å². The second kappa shape index (κ2) is 5.66. The molecule has 3 nitrogen and oxygen atoms in total. The van der Waals surface area contributed by atoms with Crippen LogP contribution >= 0.6 is 0 Å². The van der Waals surface area contributed by atoms with Gasteiger partial charge in [0.15, 0.2) is 0 Å². The standard InChI is InChI=1S/C13H19NO2/c1-9(2)14-13(10(3)15)8-11-4-6-12(16)7-5-11/h4-7,9,13-14,16H,8H2,1-3H3. The maximum atomic E-state index is 11.4. The fraction of sp³-hybridized carbons (Fsp3) is 0.462. The minimum Gasteiger partial charge on any atom is -0.508 e. The first-order valence-electron chi connectivity index (χ1n) is 5.53. The number of ketones is 1. The number of benzene rings is 1. The monoisotopic (exact) mass is 221 g/mol. The zero-order chi connectivity index (χ0) is 12.1. The molecular weight excluding hydrogens is 202 g/mol. The van der Waals surface area contributed by atoms with Crippen molar-refractivity contribution < 1.29 is 9.90 Å². The van der Waals surface area contributed by atoms with E-state index in [0.717, 1.165) is 5.56 Å². The predicted octanol–water partition coefficient (Wildman–Crippen LogP) is 1.89. The van der Waals surface area contributed by atoms with E-state index in [1.807, 2.05) is 26.0 Å². The molecule has 2 N–H and O–H groups in total. The lowest BCUT2D eigenvalue weighted by Crippen LogP contribution is -2.41. The molecule has 0 spiro atoms. The van der Waals surface area contributed by atoms with Crippen LogP contribution in [-0.4, -0.2) is 23.0 Å². The van der Waals surface area contributed by atoms with Gasteiger partial charge < -0.3 is 10.4 Å². The lowest BCUT2D eigenvalue weighted by Gasteiger charge is -2.18. The third kappa shape index (κ3) is 4.03. The van der Waals surface area contributed by atoms with Crippen molar-refractivity contribution in [1.82, 2.24) is 5.32 Å². The average Bonchev–Trinajstić information content (AvgIpc) is 2.19. The Morgan fingerprint density at radius 1 is 1.31 bits per heavy atom. The summed E-state index contributed by atoms with van der Waals surface area (Å²) in [6, 6.07) is 7.10. The largest absolute Gasteiger partial charge is 0.508 e. The van der Waals surface area contributed by atoms with Gasteiger partial charge in [-0.15, -0.1) is 0 Å². The maximum Gasteiger partial charge on any atom is 0.147 e. The van der Waals surface area contributed by atoms with Gasteiger partial charge in [-0.2, -0.15) is 0 Å². The number of aromatic hydroxyl groups is 1. The molecular formula is C13H19NO2. The highest BCUT2D eigenvalue weighted by Gasteiger charge is 2.15. The quantitative estimate of drug-likeness (QED) is 0.798. The fourth-order valence-electron chi connectivity index (χ4n) is 1.59. The molecule has 0 heterocycles. The molecule has 0 amide bonds. The van der Waals surface area contributed by atoms with Crippen molar-refractivity contribution in [3.63, 3.8) is 0 Å². The summed E-state index contributed by atoms with van der Waals surface area (Å²) in [5, 5.41) is 12.4. The summed E-state index contributed by atoms with van der Waals surface area (Å²) >= 11 is 0. The number of phenolic OH excluding ortho intramolecular Hbond substituents is 1. The fourth-order valence-corrected chi connectivity index (χ4v) is 1.59. The Hall–Kier alpha value is -1.35. The van der Waals surface area contributed by atoms with E-state index in [0.29, 0.717) is 6.42 Å². The minimum atomic E-state index is -0.149. The van der Waals surface area contributed by atoms with Gasteiger partial charge in [0.25, 0.3) is 0 Å². The predicted molar refractivity (Wildman–Crippen MR) is 64.6 cm³/mol. The summed E-state index contributed by atoms with van der Waals surface area (Å²) in [7, 11) is 0. The Bertz CT molecular complexity index is 343. The maximum absolute atomic E-state index is 11.4. The third-order valence-electron chi connectivity index (χ3n) is 2.40. The van der Waals surface area contributed by atoms with Crippen LogP contribution in [0.5, 0.6) is 5.75 Å². The first-order valence-corrected chi connectivity index (χ1v) is 5.53. The van der Waals surface area contributed by atoms with Crippen molar-refractivity contribution in [1.29, 1.82) is 0 Å². The van der Waals surface area contributed by atoms with Crippen LogP contribution in [0.2, 0.25) is 0 Å². The molecule has 0 aliphatic heterocycles. The molecule has 1 unspecified atom stereocenters. The molecule has 1 atom stereocenters. The Labute approximate surface area is 96.5 Å². The van der Waals surface area contributed by atoms with Crippen LogP contribution in [0.4, 0.5) is 0 Å².